The van der Waals surface area contributed by atoms with E-state index in [2.05, 4.69) is 22.4 Å². The Kier molecular flexibility index (Phi) is 5.45. The second kappa shape index (κ2) is 6.62. The lowest BCUT2D eigenvalue weighted by Crippen LogP contribution is -2.13. The maximum atomic E-state index is 5.12. The molecular formula is C10H14ClN3OS. The Labute approximate surface area is 104 Å². The van der Waals surface area contributed by atoms with Crippen LogP contribution in [0.25, 0.3) is 10.7 Å². The predicted molar refractivity (Wildman–Crippen MR) is 66.9 cm³/mol. The predicted octanol–water partition coefficient (Wildman–Crippen LogP) is 2.72. The van der Waals surface area contributed by atoms with Crippen LogP contribution < -0.4 is 5.32 Å². The van der Waals surface area contributed by atoms with Gasteiger partial charge in [0.2, 0.25) is 11.7 Å². The van der Waals surface area contributed by atoms with Crippen LogP contribution in [-0.2, 0) is 6.54 Å². The molecule has 0 spiro atoms. The largest absolute Gasteiger partial charge is 0.338 e. The van der Waals surface area contributed by atoms with Crippen molar-refractivity contribution in [2.45, 2.75) is 19.9 Å². The van der Waals surface area contributed by atoms with Crippen LogP contribution in [-0.4, -0.2) is 16.7 Å². The third-order valence-electron chi connectivity index (χ3n) is 1.91. The molecule has 1 N–H and O–H groups in total. The van der Waals surface area contributed by atoms with Crippen LogP contribution in [0, 0.1) is 0 Å². The number of hydrogen-bond acceptors (Lipinski definition) is 5. The lowest BCUT2D eigenvalue weighted by atomic mass is 10.4. The standard InChI is InChI=1S/C10H13N3OS.ClH/c1-2-5-11-7-9-12-10(13-14-9)8-4-3-6-15-8;/h3-4,6,11H,2,5,7H2,1H3;1H. The Bertz CT molecular complexity index is 402. The number of nitrogens with one attached hydrogen (secondary N) is 1. The molecule has 0 aliphatic rings. The van der Waals surface area contributed by atoms with Gasteiger partial charge in [-0.1, -0.05) is 18.1 Å². The van der Waals surface area contributed by atoms with E-state index in [4.69, 9.17) is 4.52 Å². The SMILES string of the molecule is CCCNCc1nc(-c2cccs2)no1.Cl. The van der Waals surface area contributed by atoms with Gasteiger partial charge >= 0.3 is 0 Å². The van der Waals surface area contributed by atoms with Crippen LogP contribution in [0.3, 0.4) is 0 Å². The number of hydrogen-bond donors (Lipinski definition) is 1. The van der Waals surface area contributed by atoms with Gasteiger partial charge in [0.1, 0.15) is 0 Å². The quantitative estimate of drug-likeness (QED) is 0.839. The highest BCUT2D eigenvalue weighted by Crippen LogP contribution is 2.20. The first-order valence-electron chi connectivity index (χ1n) is 4.97. The summed E-state index contributed by atoms with van der Waals surface area (Å²) in [6, 6.07) is 3.96. The van der Waals surface area contributed by atoms with Gasteiger partial charge in [-0.05, 0) is 24.4 Å². The zero-order valence-electron chi connectivity index (χ0n) is 8.97. The third kappa shape index (κ3) is 3.30. The van der Waals surface area contributed by atoms with Gasteiger partial charge in [-0.2, -0.15) is 4.98 Å². The highest BCUT2D eigenvalue weighted by atomic mass is 35.5. The minimum Gasteiger partial charge on any atom is -0.338 e. The Morgan fingerprint density at radius 3 is 3.06 bits per heavy atom. The molecule has 6 heteroatoms. The Balaban J connectivity index is 0.00000128. The number of rotatable bonds is 5. The molecule has 0 aliphatic heterocycles. The van der Waals surface area contributed by atoms with E-state index in [9.17, 15) is 0 Å². The first-order chi connectivity index (χ1) is 7.40. The highest BCUT2D eigenvalue weighted by Gasteiger charge is 2.08. The molecule has 2 heterocycles. The van der Waals surface area contributed by atoms with Gasteiger partial charge in [-0.15, -0.1) is 23.7 Å². The molecule has 0 bridgehead atoms. The van der Waals surface area contributed by atoms with Crippen molar-refractivity contribution in [1.29, 1.82) is 0 Å². The van der Waals surface area contributed by atoms with Crippen LogP contribution in [0.1, 0.15) is 19.2 Å². The average molecular weight is 260 g/mol. The second-order valence-corrected chi connectivity index (χ2v) is 4.11. The fraction of sp³-hybridized carbons (Fsp3) is 0.400. The van der Waals surface area contributed by atoms with Crippen molar-refractivity contribution in [3.63, 3.8) is 0 Å². The van der Waals surface area contributed by atoms with Crippen LogP contribution >= 0.6 is 23.7 Å². The van der Waals surface area contributed by atoms with Gasteiger partial charge in [0.05, 0.1) is 11.4 Å². The summed E-state index contributed by atoms with van der Waals surface area (Å²) in [5.74, 6) is 1.32. The maximum Gasteiger partial charge on any atom is 0.240 e. The fourth-order valence-electron chi connectivity index (χ4n) is 1.20. The summed E-state index contributed by atoms with van der Waals surface area (Å²) in [6.45, 7) is 3.74. The summed E-state index contributed by atoms with van der Waals surface area (Å²) < 4.78 is 5.12. The van der Waals surface area contributed by atoms with Gasteiger partial charge in [-0.3, -0.25) is 0 Å². The van der Waals surface area contributed by atoms with E-state index in [1.165, 1.54) is 0 Å². The summed E-state index contributed by atoms with van der Waals surface area (Å²) in [4.78, 5) is 5.34. The molecule has 0 amide bonds. The van der Waals surface area contributed by atoms with E-state index in [-0.39, 0.29) is 12.4 Å². The summed E-state index contributed by atoms with van der Waals surface area (Å²) in [5.41, 5.74) is 0. The lowest BCUT2D eigenvalue weighted by Gasteiger charge is -1.95. The normalized spacial score (nSPS) is 10.1. The summed E-state index contributed by atoms with van der Waals surface area (Å²) in [7, 11) is 0. The minimum absolute atomic E-state index is 0. The van der Waals surface area contributed by atoms with E-state index >= 15 is 0 Å². The summed E-state index contributed by atoms with van der Waals surface area (Å²) in [5, 5.41) is 9.14. The van der Waals surface area contributed by atoms with E-state index < -0.39 is 0 Å². The Morgan fingerprint density at radius 2 is 2.38 bits per heavy atom. The zero-order chi connectivity index (χ0) is 10.5. The lowest BCUT2D eigenvalue weighted by molar-refractivity contribution is 0.368. The van der Waals surface area contributed by atoms with Crippen molar-refractivity contribution in [2.24, 2.45) is 0 Å². The van der Waals surface area contributed by atoms with Crippen molar-refractivity contribution in [3.05, 3.63) is 23.4 Å². The van der Waals surface area contributed by atoms with Gasteiger partial charge in [-0.25, -0.2) is 0 Å². The minimum atomic E-state index is 0. The topological polar surface area (TPSA) is 51.0 Å². The van der Waals surface area contributed by atoms with Crippen LogP contribution in [0.15, 0.2) is 22.0 Å². The van der Waals surface area contributed by atoms with Crippen LogP contribution in [0.4, 0.5) is 0 Å². The van der Waals surface area contributed by atoms with Crippen molar-refractivity contribution < 1.29 is 4.52 Å². The molecule has 0 radical (unpaired) electrons. The van der Waals surface area contributed by atoms with E-state index in [1.807, 2.05) is 17.5 Å². The van der Waals surface area contributed by atoms with Crippen LogP contribution in [0.2, 0.25) is 0 Å². The summed E-state index contributed by atoms with van der Waals surface area (Å²) in [6.07, 6.45) is 1.10. The molecule has 0 atom stereocenters. The third-order valence-corrected chi connectivity index (χ3v) is 2.78. The van der Waals surface area contributed by atoms with Crippen molar-refractivity contribution in [1.82, 2.24) is 15.5 Å². The first kappa shape index (κ1) is 13.2. The van der Waals surface area contributed by atoms with Crippen molar-refractivity contribution in [3.8, 4) is 10.7 Å². The second-order valence-electron chi connectivity index (χ2n) is 3.17. The van der Waals surface area contributed by atoms with Gasteiger partial charge in [0.15, 0.2) is 0 Å². The molecule has 2 rings (SSSR count). The van der Waals surface area contributed by atoms with Crippen molar-refractivity contribution >= 4 is 23.7 Å². The first-order valence-corrected chi connectivity index (χ1v) is 5.85. The molecule has 88 valence electrons. The molecule has 16 heavy (non-hydrogen) atoms. The zero-order valence-corrected chi connectivity index (χ0v) is 10.6. The smallest absolute Gasteiger partial charge is 0.240 e. The van der Waals surface area contributed by atoms with E-state index in [1.54, 1.807) is 11.3 Å². The monoisotopic (exact) mass is 259 g/mol. The molecule has 0 saturated carbocycles. The maximum absolute atomic E-state index is 5.12. The van der Waals surface area contributed by atoms with Crippen LogP contribution in [0.5, 0.6) is 0 Å². The molecule has 2 aromatic heterocycles. The van der Waals surface area contributed by atoms with E-state index in [0.717, 1.165) is 17.8 Å². The molecule has 0 fully saturated rings. The number of halogens is 1. The highest BCUT2D eigenvalue weighted by molar-refractivity contribution is 7.13. The number of aromatic nitrogens is 2. The molecule has 2 aromatic rings. The molecule has 4 nitrogen and oxygen atoms in total. The Hall–Kier alpha value is -0.910. The van der Waals surface area contributed by atoms with Gasteiger partial charge < -0.3 is 9.84 Å². The Morgan fingerprint density at radius 1 is 1.50 bits per heavy atom. The average Bonchev–Trinajstić information content (AvgIpc) is 2.87. The van der Waals surface area contributed by atoms with Gasteiger partial charge in [0.25, 0.3) is 0 Å². The summed E-state index contributed by atoms with van der Waals surface area (Å²) >= 11 is 1.61. The number of nitrogens with zero attached hydrogens (tertiary/aromatic N) is 2. The number of thiophene rings is 1. The van der Waals surface area contributed by atoms with Crippen molar-refractivity contribution in [2.75, 3.05) is 6.54 Å². The fourth-order valence-corrected chi connectivity index (χ4v) is 1.85. The van der Waals surface area contributed by atoms with E-state index in [0.29, 0.717) is 18.3 Å². The van der Waals surface area contributed by atoms with Gasteiger partial charge in [0, 0.05) is 0 Å². The molecular weight excluding hydrogens is 246 g/mol. The molecule has 0 aliphatic carbocycles. The molecule has 0 saturated heterocycles. The molecule has 0 aromatic carbocycles. The molecule has 0 unspecified atom stereocenters.